The third-order valence-corrected chi connectivity index (χ3v) is 9.11. The first-order chi connectivity index (χ1) is 23.3. The van der Waals surface area contributed by atoms with E-state index in [0.29, 0.717) is 0 Å². The highest BCUT2D eigenvalue weighted by atomic mass is 16.3. The van der Waals surface area contributed by atoms with Gasteiger partial charge in [-0.1, -0.05) is 109 Å². The van der Waals surface area contributed by atoms with Crippen LogP contribution in [0.5, 0.6) is 0 Å². The number of nitrogens with zero attached hydrogens (tertiary/aromatic N) is 3. The summed E-state index contributed by atoms with van der Waals surface area (Å²) >= 11 is 0. The molecule has 0 N–H and O–H groups in total. The van der Waals surface area contributed by atoms with Crippen LogP contribution < -0.4 is 0 Å². The van der Waals surface area contributed by atoms with Gasteiger partial charge in [0.2, 0.25) is 0 Å². The molecule has 0 bridgehead atoms. The summed E-state index contributed by atoms with van der Waals surface area (Å²) in [5.41, 5.74) is 12.4. The van der Waals surface area contributed by atoms with Gasteiger partial charge in [-0.25, -0.2) is 0 Å². The summed E-state index contributed by atoms with van der Waals surface area (Å²) in [6.45, 7) is 0. The smallest absolute Gasteiger partial charge is 0.143 e. The number of benzene rings is 7. The maximum absolute atomic E-state index is 6.52. The van der Waals surface area contributed by atoms with E-state index in [-0.39, 0.29) is 0 Å². The Balaban J connectivity index is 1.22. The average Bonchev–Trinajstić information content (AvgIpc) is 3.85. The topological polar surface area (TPSA) is 57.0 Å². The molecule has 10 aromatic rings. The van der Waals surface area contributed by atoms with E-state index < -0.39 is 0 Å². The van der Waals surface area contributed by atoms with E-state index >= 15 is 0 Å². The molecule has 220 valence electrons. The summed E-state index contributed by atoms with van der Waals surface area (Å²) in [7, 11) is 0. The molecule has 0 unspecified atom stereocenters. The van der Waals surface area contributed by atoms with Gasteiger partial charge in [0.1, 0.15) is 33.4 Å². The number of aromatic nitrogens is 3. The SMILES string of the molecule is c1ccc(-n2nc3ccc(-c4cc(-c5cccc6c5oc5ccccc56)ccc4-c4cccc5c4oc4ccccc45)cc3n2)cc1. The molecule has 0 aliphatic rings. The van der Waals surface area contributed by atoms with Crippen molar-refractivity contribution in [2.75, 3.05) is 0 Å². The predicted octanol–water partition coefficient (Wildman–Crippen LogP) is 11.2. The fraction of sp³-hybridized carbons (Fsp3) is 0. The van der Waals surface area contributed by atoms with Gasteiger partial charge in [-0.3, -0.25) is 0 Å². The van der Waals surface area contributed by atoms with Crippen molar-refractivity contribution in [3.8, 4) is 39.1 Å². The Hall–Kier alpha value is -6.46. The molecule has 5 nitrogen and oxygen atoms in total. The molecule has 0 aliphatic carbocycles. The van der Waals surface area contributed by atoms with Gasteiger partial charge in [0, 0.05) is 32.7 Å². The van der Waals surface area contributed by atoms with Crippen molar-refractivity contribution in [3.63, 3.8) is 0 Å². The van der Waals surface area contributed by atoms with E-state index in [1.165, 1.54) is 0 Å². The van der Waals surface area contributed by atoms with E-state index in [0.717, 1.165) is 94.0 Å². The van der Waals surface area contributed by atoms with Crippen LogP contribution in [0.3, 0.4) is 0 Å². The fourth-order valence-electron chi connectivity index (χ4n) is 6.88. The van der Waals surface area contributed by atoms with Crippen molar-refractivity contribution in [2.45, 2.75) is 0 Å². The number of fused-ring (bicyclic) bond motifs is 7. The van der Waals surface area contributed by atoms with Crippen molar-refractivity contribution in [1.82, 2.24) is 15.0 Å². The van der Waals surface area contributed by atoms with Crippen molar-refractivity contribution in [3.05, 3.63) is 152 Å². The number of para-hydroxylation sites is 5. The maximum atomic E-state index is 6.52. The zero-order chi connectivity index (χ0) is 30.9. The molecule has 0 amide bonds. The van der Waals surface area contributed by atoms with E-state index in [9.17, 15) is 0 Å². The molecular formula is C42H25N3O2. The Morgan fingerprint density at radius 3 is 1.70 bits per heavy atom. The van der Waals surface area contributed by atoms with Gasteiger partial charge in [0.25, 0.3) is 0 Å². The minimum atomic E-state index is 0.823. The molecule has 10 rings (SSSR count). The lowest BCUT2D eigenvalue weighted by Gasteiger charge is -2.14. The molecule has 5 heteroatoms. The zero-order valence-electron chi connectivity index (χ0n) is 25.1. The van der Waals surface area contributed by atoms with Gasteiger partial charge >= 0.3 is 0 Å². The lowest BCUT2D eigenvalue weighted by atomic mass is 9.90. The van der Waals surface area contributed by atoms with Crippen molar-refractivity contribution in [2.24, 2.45) is 0 Å². The first kappa shape index (κ1) is 25.8. The molecule has 0 fully saturated rings. The Morgan fingerprint density at radius 2 is 0.957 bits per heavy atom. The molecule has 7 aromatic carbocycles. The summed E-state index contributed by atoms with van der Waals surface area (Å²) in [6, 6.07) is 52.2. The standard InChI is InChI=1S/C42H25N3O2/c1-2-10-28(11-3-1)45-43-37-23-21-27(25-38(37)44-45)36-24-26(29-14-8-16-34-31-12-4-6-18-39(31)46-41(29)34)20-22-30(36)33-15-9-17-35-32-13-5-7-19-40(32)47-42(33)35/h1-25H. The highest BCUT2D eigenvalue weighted by molar-refractivity contribution is 6.12. The van der Waals surface area contributed by atoms with Crippen LogP contribution in [0.15, 0.2) is 160 Å². The predicted molar refractivity (Wildman–Crippen MR) is 190 cm³/mol. The highest BCUT2D eigenvalue weighted by Gasteiger charge is 2.19. The molecular weight excluding hydrogens is 578 g/mol. The van der Waals surface area contributed by atoms with Crippen LogP contribution in [-0.4, -0.2) is 15.0 Å². The summed E-state index contributed by atoms with van der Waals surface area (Å²) in [5.74, 6) is 0. The molecule has 0 atom stereocenters. The Bertz CT molecular complexity index is 2800. The molecule has 3 heterocycles. The molecule has 0 radical (unpaired) electrons. The van der Waals surface area contributed by atoms with Crippen LogP contribution in [0, 0.1) is 0 Å². The lowest BCUT2D eigenvalue weighted by molar-refractivity contribution is 0.669. The quantitative estimate of drug-likeness (QED) is 0.201. The van der Waals surface area contributed by atoms with E-state index in [1.54, 1.807) is 4.80 Å². The van der Waals surface area contributed by atoms with E-state index in [2.05, 4.69) is 97.1 Å². The average molecular weight is 604 g/mol. The summed E-state index contributed by atoms with van der Waals surface area (Å²) in [6.07, 6.45) is 0. The number of furan rings is 2. The largest absolute Gasteiger partial charge is 0.455 e. The third-order valence-electron chi connectivity index (χ3n) is 9.11. The van der Waals surface area contributed by atoms with Gasteiger partial charge in [-0.2, -0.15) is 4.80 Å². The van der Waals surface area contributed by atoms with E-state index in [4.69, 9.17) is 19.0 Å². The van der Waals surface area contributed by atoms with Crippen molar-refractivity contribution >= 4 is 54.9 Å². The van der Waals surface area contributed by atoms with Crippen LogP contribution >= 0.6 is 0 Å². The third kappa shape index (κ3) is 4.03. The van der Waals surface area contributed by atoms with Crippen LogP contribution in [-0.2, 0) is 0 Å². The number of rotatable bonds is 4. The normalized spacial score (nSPS) is 11.8. The summed E-state index contributed by atoms with van der Waals surface area (Å²) in [4.78, 5) is 1.70. The van der Waals surface area contributed by atoms with Crippen molar-refractivity contribution in [1.29, 1.82) is 0 Å². The number of hydrogen-bond donors (Lipinski definition) is 0. The zero-order valence-corrected chi connectivity index (χ0v) is 25.1. The Kier molecular flexibility index (Phi) is 5.51. The van der Waals surface area contributed by atoms with Gasteiger partial charge in [0.15, 0.2) is 0 Å². The van der Waals surface area contributed by atoms with Gasteiger partial charge < -0.3 is 8.83 Å². The van der Waals surface area contributed by atoms with Crippen molar-refractivity contribution < 1.29 is 8.83 Å². The Labute approximate surface area is 268 Å². The maximum Gasteiger partial charge on any atom is 0.143 e. The minimum absolute atomic E-state index is 0.823. The lowest BCUT2D eigenvalue weighted by Crippen LogP contribution is -1.97. The van der Waals surface area contributed by atoms with Gasteiger partial charge in [-0.15, -0.1) is 10.2 Å². The van der Waals surface area contributed by atoms with Gasteiger partial charge in [0.05, 0.1) is 5.69 Å². The Morgan fingerprint density at radius 1 is 0.383 bits per heavy atom. The first-order valence-electron chi connectivity index (χ1n) is 15.7. The number of hydrogen-bond acceptors (Lipinski definition) is 4. The molecule has 0 saturated carbocycles. The van der Waals surface area contributed by atoms with Crippen LogP contribution in [0.25, 0.3) is 94.0 Å². The second-order valence-corrected chi connectivity index (χ2v) is 11.8. The van der Waals surface area contributed by atoms with Crippen LogP contribution in [0.2, 0.25) is 0 Å². The molecule has 0 aliphatic heterocycles. The second-order valence-electron chi connectivity index (χ2n) is 11.8. The van der Waals surface area contributed by atoms with Gasteiger partial charge in [-0.05, 0) is 64.7 Å². The van der Waals surface area contributed by atoms with Crippen LogP contribution in [0.4, 0.5) is 0 Å². The highest BCUT2D eigenvalue weighted by Crippen LogP contribution is 2.43. The summed E-state index contributed by atoms with van der Waals surface area (Å²) in [5, 5.41) is 14.1. The fourth-order valence-corrected chi connectivity index (χ4v) is 6.88. The first-order valence-corrected chi connectivity index (χ1v) is 15.7. The molecule has 0 saturated heterocycles. The summed E-state index contributed by atoms with van der Waals surface area (Å²) < 4.78 is 13.0. The monoisotopic (exact) mass is 603 g/mol. The van der Waals surface area contributed by atoms with E-state index in [1.807, 2.05) is 54.6 Å². The van der Waals surface area contributed by atoms with Crippen LogP contribution in [0.1, 0.15) is 0 Å². The molecule has 3 aromatic heterocycles. The minimum Gasteiger partial charge on any atom is -0.455 e. The molecule has 47 heavy (non-hydrogen) atoms. The second kappa shape index (κ2) is 10.0. The molecule has 0 spiro atoms.